The van der Waals surface area contributed by atoms with E-state index in [0.29, 0.717) is 0 Å². The van der Waals surface area contributed by atoms with E-state index in [4.69, 9.17) is 21.7 Å². The molecule has 0 aliphatic carbocycles. The number of hydrogen-bond donors (Lipinski definition) is 8. The van der Waals surface area contributed by atoms with Crippen LogP contribution in [0.3, 0.4) is 0 Å². The van der Waals surface area contributed by atoms with Crippen LogP contribution in [0.15, 0.2) is 0 Å². The molecule has 4 amide bonds. The minimum atomic E-state index is -1.53. The van der Waals surface area contributed by atoms with Crippen LogP contribution in [0.5, 0.6) is 0 Å². The zero-order valence-electron chi connectivity index (χ0n) is 15.5. The minimum Gasteiger partial charge on any atom is -0.480 e. The van der Waals surface area contributed by atoms with Gasteiger partial charge in [0.1, 0.15) is 24.2 Å². The Hall–Kier alpha value is -2.77. The van der Waals surface area contributed by atoms with Crippen LogP contribution in [0.25, 0.3) is 0 Å². The number of aliphatic hydroxyl groups is 2. The number of carbonyl (C=O) groups is 5. The van der Waals surface area contributed by atoms with Gasteiger partial charge < -0.3 is 42.7 Å². The number of hydrogen-bond acceptors (Lipinski definition) is 8. The van der Waals surface area contributed by atoms with Gasteiger partial charge in [-0.3, -0.25) is 24.0 Å². The summed E-state index contributed by atoms with van der Waals surface area (Å²) >= 11 is 0. The van der Waals surface area contributed by atoms with Crippen LogP contribution in [0, 0.1) is 0 Å². The zero-order valence-corrected chi connectivity index (χ0v) is 15.5. The van der Waals surface area contributed by atoms with Crippen molar-refractivity contribution >= 4 is 29.6 Å². The molecule has 0 bridgehead atoms. The smallest absolute Gasteiger partial charge is 0.325 e. The number of aliphatic hydroxyl groups excluding tert-OH is 2. The monoisotopic (exact) mass is 405 g/mol. The fourth-order valence-electron chi connectivity index (χ4n) is 1.94. The SMILES string of the molecule is CC(NC(=O)C(NC(=O)C(CCC(N)=O)NC(=O)C(N)CO)C(C)O)C(=O)O. The molecule has 28 heavy (non-hydrogen) atoms. The number of carboxylic acids is 1. The van der Waals surface area contributed by atoms with E-state index in [9.17, 15) is 29.1 Å². The molecule has 0 saturated carbocycles. The molecule has 13 nitrogen and oxygen atoms in total. The highest BCUT2D eigenvalue weighted by Crippen LogP contribution is 2.02. The summed E-state index contributed by atoms with van der Waals surface area (Å²) in [6.07, 6.45) is -1.92. The van der Waals surface area contributed by atoms with Gasteiger partial charge in [-0.2, -0.15) is 0 Å². The van der Waals surface area contributed by atoms with Gasteiger partial charge in [0.2, 0.25) is 23.6 Å². The van der Waals surface area contributed by atoms with Crippen LogP contribution < -0.4 is 27.4 Å². The van der Waals surface area contributed by atoms with E-state index in [-0.39, 0.29) is 12.8 Å². The first-order chi connectivity index (χ1) is 12.9. The maximum Gasteiger partial charge on any atom is 0.325 e. The van der Waals surface area contributed by atoms with Crippen molar-refractivity contribution < 1.29 is 39.3 Å². The molecule has 5 atom stereocenters. The second-order valence-corrected chi connectivity index (χ2v) is 6.15. The highest BCUT2D eigenvalue weighted by molar-refractivity contribution is 5.94. The molecular weight excluding hydrogens is 378 g/mol. The molecule has 0 aromatic carbocycles. The average molecular weight is 405 g/mol. The van der Waals surface area contributed by atoms with Crippen LogP contribution in [0.1, 0.15) is 26.7 Å². The fraction of sp³-hybridized carbons (Fsp3) is 0.667. The van der Waals surface area contributed by atoms with Crippen molar-refractivity contribution in [2.75, 3.05) is 6.61 Å². The summed E-state index contributed by atoms with van der Waals surface area (Å²) in [6.45, 7) is 1.68. The Morgan fingerprint density at radius 2 is 1.54 bits per heavy atom. The van der Waals surface area contributed by atoms with E-state index < -0.39 is 66.5 Å². The first-order valence-corrected chi connectivity index (χ1v) is 8.37. The Morgan fingerprint density at radius 3 is 1.96 bits per heavy atom. The highest BCUT2D eigenvalue weighted by atomic mass is 16.4. The number of primary amides is 1. The quantitative estimate of drug-likeness (QED) is 0.156. The van der Waals surface area contributed by atoms with Gasteiger partial charge in [-0.1, -0.05) is 0 Å². The maximum absolute atomic E-state index is 12.5. The molecule has 0 aliphatic heterocycles. The molecule has 0 spiro atoms. The molecule has 0 aromatic heterocycles. The molecule has 0 aromatic rings. The van der Waals surface area contributed by atoms with Gasteiger partial charge >= 0.3 is 5.97 Å². The third-order valence-electron chi connectivity index (χ3n) is 3.64. The topological polar surface area (TPSA) is 234 Å². The predicted molar refractivity (Wildman–Crippen MR) is 94.3 cm³/mol. The number of carboxylic acid groups (broad SMARTS) is 1. The third-order valence-corrected chi connectivity index (χ3v) is 3.64. The van der Waals surface area contributed by atoms with E-state index in [1.54, 1.807) is 0 Å². The second-order valence-electron chi connectivity index (χ2n) is 6.15. The van der Waals surface area contributed by atoms with Crippen molar-refractivity contribution in [3.05, 3.63) is 0 Å². The van der Waals surface area contributed by atoms with Gasteiger partial charge in [0.15, 0.2) is 0 Å². The van der Waals surface area contributed by atoms with E-state index in [1.165, 1.54) is 13.8 Å². The van der Waals surface area contributed by atoms with Gasteiger partial charge in [0.05, 0.1) is 12.7 Å². The van der Waals surface area contributed by atoms with Crippen molar-refractivity contribution in [3.63, 3.8) is 0 Å². The van der Waals surface area contributed by atoms with Gasteiger partial charge in [0, 0.05) is 6.42 Å². The van der Waals surface area contributed by atoms with Crippen molar-refractivity contribution in [2.45, 2.75) is 57.0 Å². The van der Waals surface area contributed by atoms with Crippen molar-refractivity contribution in [2.24, 2.45) is 11.5 Å². The molecule has 0 heterocycles. The van der Waals surface area contributed by atoms with Crippen LogP contribution >= 0.6 is 0 Å². The van der Waals surface area contributed by atoms with E-state index in [1.807, 2.05) is 0 Å². The van der Waals surface area contributed by atoms with Gasteiger partial charge in [-0.05, 0) is 20.3 Å². The number of nitrogens with two attached hydrogens (primary N) is 2. The van der Waals surface area contributed by atoms with Crippen molar-refractivity contribution in [1.29, 1.82) is 0 Å². The number of carbonyl (C=O) groups excluding carboxylic acids is 4. The summed E-state index contributed by atoms with van der Waals surface area (Å²) in [7, 11) is 0. The molecule has 0 rings (SSSR count). The summed E-state index contributed by atoms with van der Waals surface area (Å²) in [5, 5.41) is 34.0. The Morgan fingerprint density at radius 1 is 0.964 bits per heavy atom. The second kappa shape index (κ2) is 11.8. The maximum atomic E-state index is 12.5. The lowest BCUT2D eigenvalue weighted by atomic mass is 10.1. The lowest BCUT2D eigenvalue weighted by Crippen LogP contribution is -2.59. The first-order valence-electron chi connectivity index (χ1n) is 8.37. The van der Waals surface area contributed by atoms with E-state index in [2.05, 4.69) is 16.0 Å². The normalized spacial score (nSPS) is 16.0. The molecule has 0 fully saturated rings. The summed E-state index contributed by atoms with van der Waals surface area (Å²) in [6, 6.07) is -5.48. The summed E-state index contributed by atoms with van der Waals surface area (Å²) in [4.78, 5) is 58.2. The molecule has 5 unspecified atom stereocenters. The standard InChI is InChI=1S/C15H27N5O8/c1-6(15(27)28)18-14(26)11(7(2)22)20-13(25)9(3-4-10(17)23)19-12(24)8(16)5-21/h6-9,11,21-22H,3-5,16H2,1-2H3,(H2,17,23)(H,18,26)(H,19,24)(H,20,25)(H,27,28). The van der Waals surface area contributed by atoms with Crippen molar-refractivity contribution in [1.82, 2.24) is 16.0 Å². The molecule has 160 valence electrons. The summed E-state index contributed by atoms with van der Waals surface area (Å²) in [5.74, 6) is -4.87. The Kier molecular flexibility index (Phi) is 10.7. The van der Waals surface area contributed by atoms with E-state index in [0.717, 1.165) is 0 Å². The molecular formula is C15H27N5O8. The number of nitrogens with one attached hydrogen (secondary N) is 3. The number of amides is 4. The van der Waals surface area contributed by atoms with Crippen molar-refractivity contribution in [3.8, 4) is 0 Å². The summed E-state index contributed by atoms with van der Waals surface area (Å²) < 4.78 is 0. The lowest BCUT2D eigenvalue weighted by Gasteiger charge is -2.25. The molecule has 0 saturated heterocycles. The van der Waals surface area contributed by atoms with Crippen LogP contribution in [0.2, 0.25) is 0 Å². The van der Waals surface area contributed by atoms with Crippen LogP contribution in [-0.4, -0.2) is 81.8 Å². The Balaban J connectivity index is 5.28. The zero-order chi connectivity index (χ0) is 22.0. The van der Waals surface area contributed by atoms with Gasteiger partial charge in [-0.25, -0.2) is 0 Å². The largest absolute Gasteiger partial charge is 0.480 e. The van der Waals surface area contributed by atoms with Crippen LogP contribution in [0.4, 0.5) is 0 Å². The molecule has 0 aliphatic rings. The number of aliphatic carboxylic acids is 1. The minimum absolute atomic E-state index is 0.231. The lowest BCUT2D eigenvalue weighted by molar-refractivity contribution is -0.142. The molecule has 0 radical (unpaired) electrons. The molecule has 13 heteroatoms. The first kappa shape index (κ1) is 25.2. The van der Waals surface area contributed by atoms with Crippen LogP contribution in [-0.2, 0) is 24.0 Å². The highest BCUT2D eigenvalue weighted by Gasteiger charge is 2.31. The van der Waals surface area contributed by atoms with E-state index >= 15 is 0 Å². The third kappa shape index (κ3) is 8.75. The Bertz CT molecular complexity index is 597. The van der Waals surface area contributed by atoms with Gasteiger partial charge in [-0.15, -0.1) is 0 Å². The predicted octanol–water partition coefficient (Wildman–Crippen LogP) is -4.49. The molecule has 10 N–H and O–H groups in total. The summed E-state index contributed by atoms with van der Waals surface area (Å²) in [5.41, 5.74) is 10.4. The Labute approximate surface area is 160 Å². The van der Waals surface area contributed by atoms with Gasteiger partial charge in [0.25, 0.3) is 0 Å². The number of rotatable bonds is 12. The fourth-order valence-corrected chi connectivity index (χ4v) is 1.94. The average Bonchev–Trinajstić information content (AvgIpc) is 2.60.